The zero-order valence-corrected chi connectivity index (χ0v) is 9.76. The molecule has 0 saturated carbocycles. The van der Waals surface area contributed by atoms with E-state index in [0.717, 1.165) is 0 Å². The van der Waals surface area contributed by atoms with E-state index in [2.05, 4.69) is 0 Å². The van der Waals surface area contributed by atoms with Crippen LogP contribution >= 0.6 is 0 Å². The average Bonchev–Trinajstić information content (AvgIpc) is 2.27. The number of hydrogen-bond acceptors (Lipinski definition) is 5. The summed E-state index contributed by atoms with van der Waals surface area (Å²) in [5.74, 6) is -0.0946. The van der Waals surface area contributed by atoms with Gasteiger partial charge in [0.25, 0.3) is 0 Å². The summed E-state index contributed by atoms with van der Waals surface area (Å²) in [6, 6.07) is 0. The maximum atomic E-state index is 9.36. The highest BCUT2D eigenvalue weighted by Gasteiger charge is 2.39. The highest BCUT2D eigenvalue weighted by atomic mass is 16.5. The molecule has 2 unspecified atom stereocenters. The van der Waals surface area contributed by atoms with Gasteiger partial charge in [0.2, 0.25) is 0 Å². The van der Waals surface area contributed by atoms with Gasteiger partial charge < -0.3 is 24.8 Å². The molecule has 3 N–H and O–H groups in total. The zero-order valence-electron chi connectivity index (χ0n) is 9.76. The Hall–Kier alpha value is -0.200. The molecule has 16 heavy (non-hydrogen) atoms. The lowest BCUT2D eigenvalue weighted by Gasteiger charge is -2.38. The largest absolute Gasteiger partial charge is 0.396 e. The van der Waals surface area contributed by atoms with Crippen LogP contribution in [0.25, 0.3) is 0 Å². The Kier molecular flexibility index (Phi) is 5.64. The van der Waals surface area contributed by atoms with Gasteiger partial charge in [-0.05, 0) is 19.3 Å². The normalized spacial score (nSPS) is 28.5. The predicted octanol–water partition coefficient (Wildman–Crippen LogP) is -0.609. The van der Waals surface area contributed by atoms with Crippen LogP contribution in [0.5, 0.6) is 0 Å². The Morgan fingerprint density at radius 1 is 1.12 bits per heavy atom. The molecule has 0 bridgehead atoms. The number of hydrogen-bond donors (Lipinski definition) is 3. The Morgan fingerprint density at radius 2 is 1.75 bits per heavy atom. The number of aliphatic hydroxyl groups excluding tert-OH is 3. The second-order valence-corrected chi connectivity index (χ2v) is 4.53. The van der Waals surface area contributed by atoms with Crippen LogP contribution in [-0.4, -0.2) is 61.1 Å². The first-order valence-electron chi connectivity index (χ1n) is 5.70. The lowest BCUT2D eigenvalue weighted by atomic mass is 9.74. The summed E-state index contributed by atoms with van der Waals surface area (Å²) < 4.78 is 10.9. The number of aliphatic hydroxyl groups is 3. The van der Waals surface area contributed by atoms with Crippen LogP contribution in [0.1, 0.15) is 13.3 Å². The third-order valence-corrected chi connectivity index (χ3v) is 3.38. The van der Waals surface area contributed by atoms with Crippen molar-refractivity contribution in [1.29, 1.82) is 0 Å². The van der Waals surface area contributed by atoms with E-state index in [4.69, 9.17) is 9.47 Å². The van der Waals surface area contributed by atoms with E-state index >= 15 is 0 Å². The van der Waals surface area contributed by atoms with Crippen LogP contribution in [0, 0.1) is 11.3 Å². The summed E-state index contributed by atoms with van der Waals surface area (Å²) in [6.45, 7) is 2.73. The Morgan fingerprint density at radius 3 is 2.31 bits per heavy atom. The van der Waals surface area contributed by atoms with E-state index in [-0.39, 0.29) is 31.8 Å². The predicted molar refractivity (Wildman–Crippen MR) is 58.0 cm³/mol. The lowest BCUT2D eigenvalue weighted by Crippen LogP contribution is -2.45. The molecule has 0 aromatic rings. The molecule has 5 nitrogen and oxygen atoms in total. The average molecular weight is 234 g/mol. The van der Waals surface area contributed by atoms with E-state index in [1.54, 1.807) is 0 Å². The molecule has 96 valence electrons. The van der Waals surface area contributed by atoms with Crippen molar-refractivity contribution in [1.82, 2.24) is 0 Å². The van der Waals surface area contributed by atoms with Crippen LogP contribution in [0.2, 0.25) is 0 Å². The third-order valence-electron chi connectivity index (χ3n) is 3.38. The highest BCUT2D eigenvalue weighted by molar-refractivity contribution is 4.86. The first-order valence-corrected chi connectivity index (χ1v) is 5.70. The van der Waals surface area contributed by atoms with E-state index in [9.17, 15) is 15.3 Å². The summed E-state index contributed by atoms with van der Waals surface area (Å²) in [6.07, 6.45) is 0.722. The van der Waals surface area contributed by atoms with Gasteiger partial charge in [-0.1, -0.05) is 0 Å². The van der Waals surface area contributed by atoms with Gasteiger partial charge in [-0.3, -0.25) is 0 Å². The number of rotatable bonds is 4. The monoisotopic (exact) mass is 234 g/mol. The first kappa shape index (κ1) is 13.9. The Balaban J connectivity index is 2.71. The summed E-state index contributed by atoms with van der Waals surface area (Å²) in [5, 5.41) is 28.1. The molecule has 0 amide bonds. The van der Waals surface area contributed by atoms with Gasteiger partial charge in [-0.15, -0.1) is 0 Å². The summed E-state index contributed by atoms with van der Waals surface area (Å²) in [4.78, 5) is 0. The van der Waals surface area contributed by atoms with Crippen molar-refractivity contribution in [2.24, 2.45) is 11.3 Å². The van der Waals surface area contributed by atoms with Crippen molar-refractivity contribution in [2.75, 3.05) is 39.6 Å². The fourth-order valence-electron chi connectivity index (χ4n) is 2.03. The van der Waals surface area contributed by atoms with Crippen molar-refractivity contribution in [3.8, 4) is 0 Å². The molecule has 0 spiro atoms. The van der Waals surface area contributed by atoms with Crippen molar-refractivity contribution in [3.05, 3.63) is 0 Å². The van der Waals surface area contributed by atoms with Crippen LogP contribution in [-0.2, 0) is 9.47 Å². The number of ether oxygens (including phenoxy) is 2. The quantitative estimate of drug-likeness (QED) is 0.605. The van der Waals surface area contributed by atoms with Crippen molar-refractivity contribution < 1.29 is 24.8 Å². The van der Waals surface area contributed by atoms with Gasteiger partial charge >= 0.3 is 0 Å². The van der Waals surface area contributed by atoms with Crippen molar-refractivity contribution in [2.45, 2.75) is 19.4 Å². The van der Waals surface area contributed by atoms with Crippen molar-refractivity contribution in [3.63, 3.8) is 0 Å². The maximum absolute atomic E-state index is 9.36. The van der Waals surface area contributed by atoms with E-state index < -0.39 is 5.41 Å². The standard InChI is InChI=1S/C11H22O5/c1-9-4-10(5-15-2-3-16-9)11(6-12,7-13)8-14/h9-10,12-14H,2-8H2,1H3. The lowest BCUT2D eigenvalue weighted by molar-refractivity contribution is -0.109. The van der Waals surface area contributed by atoms with Crippen LogP contribution < -0.4 is 0 Å². The molecule has 1 saturated heterocycles. The minimum absolute atomic E-state index is 0.0536. The van der Waals surface area contributed by atoms with Crippen LogP contribution in [0.15, 0.2) is 0 Å². The molecule has 1 rings (SSSR count). The molecule has 0 radical (unpaired) electrons. The van der Waals surface area contributed by atoms with Crippen molar-refractivity contribution >= 4 is 0 Å². The molecule has 0 aromatic heterocycles. The van der Waals surface area contributed by atoms with Crippen LogP contribution in [0.4, 0.5) is 0 Å². The molecule has 1 heterocycles. The van der Waals surface area contributed by atoms with E-state index in [1.807, 2.05) is 6.92 Å². The smallest absolute Gasteiger partial charge is 0.0704 e. The molecule has 1 aliphatic heterocycles. The Bertz CT molecular complexity index is 185. The Labute approximate surface area is 96.0 Å². The topological polar surface area (TPSA) is 79.2 Å². The van der Waals surface area contributed by atoms with Gasteiger partial charge in [0.1, 0.15) is 0 Å². The van der Waals surface area contributed by atoms with E-state index in [1.165, 1.54) is 0 Å². The summed E-state index contributed by atoms with van der Waals surface area (Å²) >= 11 is 0. The molecule has 2 atom stereocenters. The minimum Gasteiger partial charge on any atom is -0.396 e. The molecule has 1 fully saturated rings. The van der Waals surface area contributed by atoms with Gasteiger partial charge in [0, 0.05) is 5.41 Å². The molecular formula is C11H22O5. The molecule has 1 aliphatic rings. The van der Waals surface area contributed by atoms with Gasteiger partial charge in [-0.2, -0.15) is 0 Å². The summed E-state index contributed by atoms with van der Waals surface area (Å²) in [5.41, 5.74) is -0.880. The van der Waals surface area contributed by atoms with Crippen LogP contribution in [0.3, 0.4) is 0 Å². The van der Waals surface area contributed by atoms with Gasteiger partial charge in [0.15, 0.2) is 0 Å². The molecule has 0 aromatic carbocycles. The van der Waals surface area contributed by atoms with E-state index in [0.29, 0.717) is 26.2 Å². The fraction of sp³-hybridized carbons (Fsp3) is 1.00. The second kappa shape index (κ2) is 6.51. The maximum Gasteiger partial charge on any atom is 0.0704 e. The SMILES string of the molecule is CC1CC(C(CO)(CO)CO)COCCO1. The molecular weight excluding hydrogens is 212 g/mol. The highest BCUT2D eigenvalue weighted by Crippen LogP contribution is 2.32. The van der Waals surface area contributed by atoms with Gasteiger partial charge in [0.05, 0.1) is 45.7 Å². The molecule has 5 heteroatoms. The second-order valence-electron chi connectivity index (χ2n) is 4.53. The third kappa shape index (κ3) is 3.15. The first-order chi connectivity index (χ1) is 7.68. The fourth-order valence-corrected chi connectivity index (χ4v) is 2.03. The minimum atomic E-state index is -0.880. The van der Waals surface area contributed by atoms with Gasteiger partial charge in [-0.25, -0.2) is 0 Å². The molecule has 0 aliphatic carbocycles. The zero-order chi connectivity index (χ0) is 12.0. The summed E-state index contributed by atoms with van der Waals surface area (Å²) in [7, 11) is 0.